The molecule has 2 aromatic rings. The molecule has 0 saturated heterocycles. The van der Waals surface area contributed by atoms with Gasteiger partial charge in [0.25, 0.3) is 0 Å². The monoisotopic (exact) mass is 261 g/mol. The maximum absolute atomic E-state index is 12.1. The molecule has 5 nitrogen and oxygen atoms in total. The number of hydrogen-bond acceptors (Lipinski definition) is 5. The number of carbonyl (C=O) groups is 1. The van der Waals surface area contributed by atoms with E-state index in [-0.39, 0.29) is 29.2 Å². The van der Waals surface area contributed by atoms with Crippen LogP contribution in [0, 0.1) is 6.92 Å². The van der Waals surface area contributed by atoms with Crippen LogP contribution in [-0.2, 0) is 0 Å². The van der Waals surface area contributed by atoms with Gasteiger partial charge in [-0.2, -0.15) is 0 Å². The number of nitrogens with zero attached hydrogens (tertiary/aromatic N) is 1. The SMILES string of the molecule is Cc1cc(=O)oc2c(C(=O)CN(C)C)c(O)ccc12. The molecule has 1 aromatic heterocycles. The van der Waals surface area contributed by atoms with Crippen LogP contribution in [0.5, 0.6) is 5.75 Å². The van der Waals surface area contributed by atoms with E-state index in [4.69, 9.17) is 4.42 Å². The lowest BCUT2D eigenvalue weighted by molar-refractivity contribution is 0.0956. The highest BCUT2D eigenvalue weighted by Crippen LogP contribution is 2.28. The van der Waals surface area contributed by atoms with E-state index in [0.717, 1.165) is 0 Å². The number of aryl methyl sites for hydroxylation is 1. The molecule has 0 aliphatic heterocycles. The quantitative estimate of drug-likeness (QED) is 0.670. The van der Waals surface area contributed by atoms with E-state index in [1.807, 2.05) is 0 Å². The van der Waals surface area contributed by atoms with Gasteiger partial charge in [-0.1, -0.05) is 0 Å². The average Bonchev–Trinajstić information content (AvgIpc) is 2.26. The molecule has 1 heterocycles. The Morgan fingerprint density at radius 2 is 2.05 bits per heavy atom. The van der Waals surface area contributed by atoms with Gasteiger partial charge in [0.2, 0.25) is 0 Å². The standard InChI is InChI=1S/C14H15NO4/c1-8-6-12(18)19-14-9(8)4-5-10(16)13(14)11(17)7-15(2)3/h4-6,16H,7H2,1-3H3. The first-order chi connectivity index (χ1) is 8.90. The zero-order valence-electron chi connectivity index (χ0n) is 11.1. The van der Waals surface area contributed by atoms with Gasteiger partial charge in [0.1, 0.15) is 11.3 Å². The third-order valence-electron chi connectivity index (χ3n) is 2.84. The Labute approximate surface area is 110 Å². The topological polar surface area (TPSA) is 70.8 Å². The summed E-state index contributed by atoms with van der Waals surface area (Å²) in [5, 5.41) is 10.5. The summed E-state index contributed by atoms with van der Waals surface area (Å²) in [7, 11) is 3.50. The predicted octanol–water partition coefficient (Wildman–Crippen LogP) is 1.55. The van der Waals surface area contributed by atoms with Crippen molar-refractivity contribution in [1.82, 2.24) is 4.90 Å². The molecule has 0 saturated carbocycles. The summed E-state index contributed by atoms with van der Waals surface area (Å²) in [5.41, 5.74) is 0.392. The summed E-state index contributed by atoms with van der Waals surface area (Å²) in [6.07, 6.45) is 0. The highest BCUT2D eigenvalue weighted by atomic mass is 16.4. The minimum absolute atomic E-state index is 0.0620. The summed E-state index contributed by atoms with van der Waals surface area (Å²) in [6.45, 7) is 1.89. The average molecular weight is 261 g/mol. The van der Waals surface area contributed by atoms with E-state index in [9.17, 15) is 14.7 Å². The molecule has 0 unspecified atom stereocenters. The summed E-state index contributed by atoms with van der Waals surface area (Å²) in [4.78, 5) is 25.3. The molecule has 0 aliphatic rings. The van der Waals surface area contributed by atoms with Crippen LogP contribution in [0.1, 0.15) is 15.9 Å². The first-order valence-corrected chi connectivity index (χ1v) is 5.84. The smallest absolute Gasteiger partial charge is 0.336 e. The molecule has 1 N–H and O–H groups in total. The molecule has 1 aromatic carbocycles. The molecule has 100 valence electrons. The third kappa shape index (κ3) is 2.51. The molecule has 0 radical (unpaired) electrons. The van der Waals surface area contributed by atoms with E-state index in [1.165, 1.54) is 12.1 Å². The van der Waals surface area contributed by atoms with Crippen LogP contribution < -0.4 is 5.63 Å². The van der Waals surface area contributed by atoms with Crippen LogP contribution in [0.4, 0.5) is 0 Å². The fraction of sp³-hybridized carbons (Fsp3) is 0.286. The second-order valence-electron chi connectivity index (χ2n) is 4.75. The van der Waals surface area contributed by atoms with Crippen molar-refractivity contribution in [1.29, 1.82) is 0 Å². The number of phenols is 1. The molecule has 0 fully saturated rings. The van der Waals surface area contributed by atoms with Crippen LogP contribution in [0.25, 0.3) is 11.0 Å². The van der Waals surface area contributed by atoms with Gasteiger partial charge < -0.3 is 14.4 Å². The molecule has 0 aliphatic carbocycles. The molecule has 5 heteroatoms. The Bertz CT molecular complexity index is 700. The van der Waals surface area contributed by atoms with Gasteiger partial charge in [0, 0.05) is 11.5 Å². The lowest BCUT2D eigenvalue weighted by Gasteiger charge is -2.11. The van der Waals surface area contributed by atoms with Crippen molar-refractivity contribution in [2.75, 3.05) is 20.6 Å². The summed E-state index contributed by atoms with van der Waals surface area (Å²) in [6, 6.07) is 4.44. The lowest BCUT2D eigenvalue weighted by Crippen LogP contribution is -2.22. The van der Waals surface area contributed by atoms with Crippen molar-refractivity contribution in [3.8, 4) is 5.75 Å². The number of Topliss-reactive ketones (excluding diaryl/α,β-unsaturated/α-hetero) is 1. The zero-order chi connectivity index (χ0) is 14.2. The molecule has 0 amide bonds. The number of phenolic OH excluding ortho intramolecular Hbond substituents is 1. The summed E-state index contributed by atoms with van der Waals surface area (Å²) < 4.78 is 5.10. The second-order valence-corrected chi connectivity index (χ2v) is 4.75. The number of aromatic hydroxyl groups is 1. The van der Waals surface area contributed by atoms with Crippen molar-refractivity contribution in [3.05, 3.63) is 39.7 Å². The van der Waals surface area contributed by atoms with Crippen molar-refractivity contribution in [3.63, 3.8) is 0 Å². The largest absolute Gasteiger partial charge is 0.507 e. The molecular weight excluding hydrogens is 246 g/mol. The Balaban J connectivity index is 2.75. The fourth-order valence-electron chi connectivity index (χ4n) is 2.01. The van der Waals surface area contributed by atoms with Crippen LogP contribution in [0.2, 0.25) is 0 Å². The molecule has 0 bridgehead atoms. The number of fused-ring (bicyclic) bond motifs is 1. The van der Waals surface area contributed by atoms with Crippen LogP contribution in [0.15, 0.2) is 27.4 Å². The van der Waals surface area contributed by atoms with Gasteiger partial charge in [-0.3, -0.25) is 4.79 Å². The number of carbonyl (C=O) groups excluding carboxylic acids is 1. The Hall–Kier alpha value is -2.14. The van der Waals surface area contributed by atoms with Gasteiger partial charge in [-0.15, -0.1) is 0 Å². The minimum atomic E-state index is -0.533. The van der Waals surface area contributed by atoms with Gasteiger partial charge in [0.05, 0.1) is 6.54 Å². The maximum atomic E-state index is 12.1. The molecule has 19 heavy (non-hydrogen) atoms. The molecular formula is C14H15NO4. The number of likely N-dealkylation sites (N-methyl/N-ethyl adjacent to an activating group) is 1. The highest BCUT2D eigenvalue weighted by molar-refractivity contribution is 6.09. The third-order valence-corrected chi connectivity index (χ3v) is 2.84. The number of benzene rings is 1. The normalized spacial score (nSPS) is 11.2. The van der Waals surface area contributed by atoms with Crippen molar-refractivity contribution in [2.45, 2.75) is 6.92 Å². The van der Waals surface area contributed by atoms with Crippen LogP contribution in [-0.4, -0.2) is 36.4 Å². The number of hydrogen-bond donors (Lipinski definition) is 1. The van der Waals surface area contributed by atoms with E-state index in [1.54, 1.807) is 32.0 Å². The second kappa shape index (κ2) is 4.85. The Kier molecular flexibility index (Phi) is 3.40. The minimum Gasteiger partial charge on any atom is -0.507 e. The first-order valence-electron chi connectivity index (χ1n) is 5.84. The van der Waals surface area contributed by atoms with E-state index >= 15 is 0 Å². The molecule has 0 spiro atoms. The van der Waals surface area contributed by atoms with Crippen molar-refractivity contribution in [2.24, 2.45) is 0 Å². The van der Waals surface area contributed by atoms with E-state index in [0.29, 0.717) is 10.9 Å². The number of ketones is 1. The van der Waals surface area contributed by atoms with Gasteiger partial charge in [-0.25, -0.2) is 4.79 Å². The first kappa shape index (κ1) is 13.3. The lowest BCUT2D eigenvalue weighted by atomic mass is 10.0. The molecule has 2 rings (SSSR count). The van der Waals surface area contributed by atoms with E-state index in [2.05, 4.69) is 0 Å². The van der Waals surface area contributed by atoms with E-state index < -0.39 is 5.63 Å². The molecule has 0 atom stereocenters. The van der Waals surface area contributed by atoms with Crippen LogP contribution in [0.3, 0.4) is 0 Å². The Morgan fingerprint density at radius 1 is 1.37 bits per heavy atom. The number of rotatable bonds is 3. The summed E-state index contributed by atoms with van der Waals surface area (Å²) >= 11 is 0. The van der Waals surface area contributed by atoms with Crippen molar-refractivity contribution >= 4 is 16.8 Å². The van der Waals surface area contributed by atoms with Crippen molar-refractivity contribution < 1.29 is 14.3 Å². The fourth-order valence-corrected chi connectivity index (χ4v) is 2.01. The zero-order valence-corrected chi connectivity index (χ0v) is 11.1. The van der Waals surface area contributed by atoms with Gasteiger partial charge in [0.15, 0.2) is 11.4 Å². The maximum Gasteiger partial charge on any atom is 0.336 e. The van der Waals surface area contributed by atoms with Gasteiger partial charge >= 0.3 is 5.63 Å². The van der Waals surface area contributed by atoms with Crippen LogP contribution >= 0.6 is 0 Å². The highest BCUT2D eigenvalue weighted by Gasteiger charge is 2.19. The predicted molar refractivity (Wildman–Crippen MR) is 71.8 cm³/mol. The Morgan fingerprint density at radius 3 is 2.68 bits per heavy atom. The van der Waals surface area contributed by atoms with Gasteiger partial charge in [-0.05, 0) is 38.7 Å². The summed E-state index contributed by atoms with van der Waals surface area (Å²) in [5.74, 6) is -0.463.